The van der Waals surface area contributed by atoms with Gasteiger partial charge in [-0.2, -0.15) is 9.67 Å². The van der Waals surface area contributed by atoms with Crippen LogP contribution < -0.4 is 10.1 Å². The molecule has 4 rings (SSSR count). The molecule has 1 fully saturated rings. The predicted octanol–water partition coefficient (Wildman–Crippen LogP) is 3.10. The summed E-state index contributed by atoms with van der Waals surface area (Å²) in [7, 11) is 0. The zero-order chi connectivity index (χ0) is 19.6. The van der Waals surface area contributed by atoms with Gasteiger partial charge in [0.2, 0.25) is 5.95 Å². The van der Waals surface area contributed by atoms with Gasteiger partial charge in [0.25, 0.3) is 0 Å². The van der Waals surface area contributed by atoms with Crippen molar-refractivity contribution in [2.24, 2.45) is 0 Å². The number of nitrogens with one attached hydrogen (secondary N) is 1. The molecule has 2 N–H and O–H groups in total. The second kappa shape index (κ2) is 7.71. The standard InChI is InChI=1S/C20H26N6O2/c1-20(2,11-12-27)28-16-9-7-15(8-10-16)26-18-17(24-25-26)13-21-19(23-18)22-14-5-3-4-6-14/h7-10,13-14,27H,3-6,11-12H2,1-2H3,(H,21,22,23). The van der Waals surface area contributed by atoms with Gasteiger partial charge in [-0.25, -0.2) is 4.98 Å². The summed E-state index contributed by atoms with van der Waals surface area (Å²) in [5, 5.41) is 21.0. The fourth-order valence-corrected chi connectivity index (χ4v) is 3.52. The lowest BCUT2D eigenvalue weighted by atomic mass is 10.1. The number of nitrogens with zero attached hydrogens (tertiary/aromatic N) is 5. The maximum absolute atomic E-state index is 9.15. The zero-order valence-electron chi connectivity index (χ0n) is 16.3. The van der Waals surface area contributed by atoms with Crippen LogP contribution in [0.4, 0.5) is 5.95 Å². The molecule has 0 unspecified atom stereocenters. The highest BCUT2D eigenvalue weighted by atomic mass is 16.5. The van der Waals surface area contributed by atoms with Crippen LogP contribution in [0.5, 0.6) is 5.75 Å². The maximum Gasteiger partial charge on any atom is 0.225 e. The van der Waals surface area contributed by atoms with Crippen LogP contribution in [0, 0.1) is 0 Å². The number of aliphatic hydroxyl groups is 1. The maximum atomic E-state index is 9.15. The van der Waals surface area contributed by atoms with Crippen molar-refractivity contribution in [1.82, 2.24) is 25.0 Å². The smallest absolute Gasteiger partial charge is 0.225 e. The minimum absolute atomic E-state index is 0.0902. The Kier molecular flexibility index (Phi) is 5.13. The van der Waals surface area contributed by atoms with Crippen LogP contribution in [-0.4, -0.2) is 48.3 Å². The second-order valence-corrected chi connectivity index (χ2v) is 7.86. The van der Waals surface area contributed by atoms with E-state index < -0.39 is 5.60 Å². The van der Waals surface area contributed by atoms with Gasteiger partial charge in [0, 0.05) is 19.1 Å². The first-order valence-corrected chi connectivity index (χ1v) is 9.79. The van der Waals surface area contributed by atoms with Gasteiger partial charge < -0.3 is 15.2 Å². The van der Waals surface area contributed by atoms with Crippen molar-refractivity contribution < 1.29 is 9.84 Å². The van der Waals surface area contributed by atoms with Crippen LogP contribution in [0.25, 0.3) is 16.9 Å². The molecule has 0 spiro atoms. The number of fused-ring (bicyclic) bond motifs is 1. The van der Waals surface area contributed by atoms with E-state index in [2.05, 4.69) is 25.6 Å². The molecule has 2 heterocycles. The van der Waals surface area contributed by atoms with Gasteiger partial charge in [-0.1, -0.05) is 18.1 Å². The van der Waals surface area contributed by atoms with Gasteiger partial charge in [-0.05, 0) is 51.0 Å². The molecule has 8 heteroatoms. The van der Waals surface area contributed by atoms with Crippen molar-refractivity contribution in [2.75, 3.05) is 11.9 Å². The molecule has 0 radical (unpaired) electrons. The summed E-state index contributed by atoms with van der Waals surface area (Å²) < 4.78 is 7.66. The van der Waals surface area contributed by atoms with Crippen LogP contribution in [0.2, 0.25) is 0 Å². The first kappa shape index (κ1) is 18.6. The number of ether oxygens (including phenoxy) is 1. The fourth-order valence-electron chi connectivity index (χ4n) is 3.52. The largest absolute Gasteiger partial charge is 0.488 e. The molecule has 1 aromatic carbocycles. The van der Waals surface area contributed by atoms with Gasteiger partial charge in [-0.15, -0.1) is 5.10 Å². The van der Waals surface area contributed by atoms with Gasteiger partial charge in [0.1, 0.15) is 11.4 Å². The van der Waals surface area contributed by atoms with Crippen molar-refractivity contribution in [1.29, 1.82) is 0 Å². The van der Waals surface area contributed by atoms with Gasteiger partial charge in [-0.3, -0.25) is 0 Å². The minimum Gasteiger partial charge on any atom is -0.488 e. The van der Waals surface area contributed by atoms with E-state index in [1.807, 2.05) is 38.1 Å². The Bertz CT molecular complexity index is 932. The van der Waals surface area contributed by atoms with Crippen molar-refractivity contribution >= 4 is 17.1 Å². The Balaban J connectivity index is 1.56. The van der Waals surface area contributed by atoms with Crippen molar-refractivity contribution in [3.05, 3.63) is 30.5 Å². The number of rotatable bonds is 7. The summed E-state index contributed by atoms with van der Waals surface area (Å²) in [5.74, 6) is 1.36. The van der Waals surface area contributed by atoms with Gasteiger partial charge in [0.15, 0.2) is 11.2 Å². The van der Waals surface area contributed by atoms with Gasteiger partial charge in [0.05, 0.1) is 11.9 Å². The van der Waals surface area contributed by atoms with Crippen molar-refractivity contribution in [2.45, 2.75) is 57.6 Å². The molecule has 0 aliphatic heterocycles. The Morgan fingerprint density at radius 3 is 2.68 bits per heavy atom. The summed E-state index contributed by atoms with van der Waals surface area (Å²) in [5.41, 5.74) is 1.75. The second-order valence-electron chi connectivity index (χ2n) is 7.86. The van der Waals surface area contributed by atoms with E-state index in [9.17, 15) is 0 Å². The molecule has 0 saturated heterocycles. The Morgan fingerprint density at radius 1 is 1.21 bits per heavy atom. The molecule has 3 aromatic rings. The highest BCUT2D eigenvalue weighted by Crippen LogP contribution is 2.24. The van der Waals surface area contributed by atoms with E-state index in [1.54, 1.807) is 10.9 Å². The summed E-state index contributed by atoms with van der Waals surface area (Å²) >= 11 is 0. The number of benzene rings is 1. The fraction of sp³-hybridized carbons (Fsp3) is 0.500. The first-order chi connectivity index (χ1) is 13.5. The number of aliphatic hydroxyl groups excluding tert-OH is 1. The molecular weight excluding hydrogens is 356 g/mol. The first-order valence-electron chi connectivity index (χ1n) is 9.79. The van der Waals surface area contributed by atoms with E-state index in [-0.39, 0.29) is 6.61 Å². The lowest BCUT2D eigenvalue weighted by Gasteiger charge is -2.25. The van der Waals surface area contributed by atoms with Gasteiger partial charge >= 0.3 is 0 Å². The molecule has 0 amide bonds. The highest BCUT2D eigenvalue weighted by Gasteiger charge is 2.19. The molecule has 0 atom stereocenters. The van der Waals surface area contributed by atoms with E-state index in [0.717, 1.165) is 24.3 Å². The SMILES string of the molecule is CC(C)(CCO)Oc1ccc(-n2nnc3cnc(NC4CCCC4)nc32)cc1. The summed E-state index contributed by atoms with van der Waals surface area (Å²) in [6, 6.07) is 8.07. The number of anilines is 1. The molecule has 1 saturated carbocycles. The molecular formula is C20H26N6O2. The van der Waals surface area contributed by atoms with Crippen LogP contribution in [0.1, 0.15) is 46.0 Å². The molecule has 1 aliphatic rings. The summed E-state index contributed by atoms with van der Waals surface area (Å²) in [4.78, 5) is 9.01. The Labute approximate surface area is 164 Å². The third-order valence-electron chi connectivity index (χ3n) is 5.07. The highest BCUT2D eigenvalue weighted by molar-refractivity contribution is 5.72. The Hall–Kier alpha value is -2.74. The molecule has 0 bridgehead atoms. The van der Waals surface area contributed by atoms with E-state index in [0.29, 0.717) is 29.6 Å². The van der Waals surface area contributed by atoms with Crippen molar-refractivity contribution in [3.63, 3.8) is 0 Å². The van der Waals surface area contributed by atoms with Crippen LogP contribution in [0.3, 0.4) is 0 Å². The lowest BCUT2D eigenvalue weighted by Crippen LogP contribution is -2.29. The molecule has 148 valence electrons. The molecule has 8 nitrogen and oxygen atoms in total. The minimum atomic E-state index is -0.426. The summed E-state index contributed by atoms with van der Waals surface area (Å²) in [6.45, 7) is 4.00. The number of hydrogen-bond donors (Lipinski definition) is 2. The zero-order valence-corrected chi connectivity index (χ0v) is 16.3. The topological polar surface area (TPSA) is 98.0 Å². The average Bonchev–Trinajstić information content (AvgIpc) is 3.31. The Morgan fingerprint density at radius 2 is 1.96 bits per heavy atom. The van der Waals surface area contributed by atoms with Crippen LogP contribution in [-0.2, 0) is 0 Å². The molecule has 2 aromatic heterocycles. The number of aromatic nitrogens is 5. The van der Waals surface area contributed by atoms with Crippen LogP contribution in [0.15, 0.2) is 30.5 Å². The number of hydrogen-bond acceptors (Lipinski definition) is 7. The normalized spacial score (nSPS) is 15.2. The third-order valence-corrected chi connectivity index (χ3v) is 5.07. The third kappa shape index (κ3) is 4.06. The van der Waals surface area contributed by atoms with E-state index >= 15 is 0 Å². The lowest BCUT2D eigenvalue weighted by molar-refractivity contribution is 0.0765. The van der Waals surface area contributed by atoms with Crippen molar-refractivity contribution in [3.8, 4) is 11.4 Å². The monoisotopic (exact) mass is 382 g/mol. The summed E-state index contributed by atoms with van der Waals surface area (Å²) in [6.07, 6.45) is 7.10. The predicted molar refractivity (Wildman–Crippen MR) is 107 cm³/mol. The molecule has 28 heavy (non-hydrogen) atoms. The quantitative estimate of drug-likeness (QED) is 0.648. The van der Waals surface area contributed by atoms with E-state index in [4.69, 9.17) is 9.84 Å². The van der Waals surface area contributed by atoms with E-state index in [1.165, 1.54) is 12.8 Å². The van der Waals surface area contributed by atoms with Crippen LogP contribution >= 0.6 is 0 Å². The average molecular weight is 382 g/mol. The molecule has 1 aliphatic carbocycles.